The van der Waals surface area contributed by atoms with E-state index in [0.717, 1.165) is 6.42 Å². The summed E-state index contributed by atoms with van der Waals surface area (Å²) in [6.45, 7) is 2.34. The number of esters is 1. The minimum atomic E-state index is -0.457. The van der Waals surface area contributed by atoms with Crippen LogP contribution in [0, 0.1) is 11.8 Å². The van der Waals surface area contributed by atoms with Gasteiger partial charge in [-0.05, 0) is 30.5 Å². The molecule has 22 heavy (non-hydrogen) atoms. The largest absolute Gasteiger partial charge is 0.465 e. The van der Waals surface area contributed by atoms with Crippen molar-refractivity contribution in [2.75, 3.05) is 19.0 Å². The van der Waals surface area contributed by atoms with Gasteiger partial charge in [0.15, 0.2) is 0 Å². The van der Waals surface area contributed by atoms with Crippen LogP contribution in [0.3, 0.4) is 0 Å². The molecule has 2 rings (SSSR count). The minimum Gasteiger partial charge on any atom is -0.465 e. The number of amides is 2. The standard InChI is InChI=1S/C16H20N2O4/c1-10-8-13(10)15(20)17-7-6-14(19)18-12-5-3-4-11(9-12)16(21)22-2/h3-5,9-10,13H,6-8H2,1-2H3,(H,17,20)(H,18,19). The Morgan fingerprint density at radius 2 is 2.05 bits per heavy atom. The maximum Gasteiger partial charge on any atom is 0.337 e. The van der Waals surface area contributed by atoms with Crippen LogP contribution in [0.15, 0.2) is 24.3 Å². The molecule has 1 aromatic carbocycles. The first kappa shape index (κ1) is 16.0. The van der Waals surface area contributed by atoms with Crippen molar-refractivity contribution in [1.82, 2.24) is 5.32 Å². The van der Waals surface area contributed by atoms with Gasteiger partial charge in [-0.25, -0.2) is 4.79 Å². The molecule has 2 N–H and O–H groups in total. The fraction of sp³-hybridized carbons (Fsp3) is 0.438. The van der Waals surface area contributed by atoms with E-state index < -0.39 is 5.97 Å². The van der Waals surface area contributed by atoms with Crippen LogP contribution in [0.5, 0.6) is 0 Å². The summed E-state index contributed by atoms with van der Waals surface area (Å²) in [4.78, 5) is 34.8. The van der Waals surface area contributed by atoms with Crippen LogP contribution in [-0.2, 0) is 14.3 Å². The van der Waals surface area contributed by atoms with Crippen molar-refractivity contribution in [3.63, 3.8) is 0 Å². The smallest absolute Gasteiger partial charge is 0.337 e. The molecule has 0 radical (unpaired) electrons. The van der Waals surface area contributed by atoms with Crippen LogP contribution in [0.4, 0.5) is 5.69 Å². The van der Waals surface area contributed by atoms with E-state index in [-0.39, 0.29) is 24.2 Å². The van der Waals surface area contributed by atoms with E-state index in [0.29, 0.717) is 23.7 Å². The van der Waals surface area contributed by atoms with Gasteiger partial charge in [0.2, 0.25) is 11.8 Å². The molecule has 1 fully saturated rings. The molecule has 1 saturated carbocycles. The van der Waals surface area contributed by atoms with Crippen LogP contribution in [0.1, 0.15) is 30.1 Å². The lowest BCUT2D eigenvalue weighted by Gasteiger charge is -2.07. The molecular weight excluding hydrogens is 284 g/mol. The van der Waals surface area contributed by atoms with Crippen molar-refractivity contribution in [3.8, 4) is 0 Å². The quantitative estimate of drug-likeness (QED) is 0.781. The predicted octanol–water partition coefficient (Wildman–Crippen LogP) is 1.57. The number of anilines is 1. The van der Waals surface area contributed by atoms with Gasteiger partial charge in [0.1, 0.15) is 0 Å². The van der Waals surface area contributed by atoms with E-state index in [9.17, 15) is 14.4 Å². The average Bonchev–Trinajstić information content (AvgIpc) is 3.23. The molecule has 6 heteroatoms. The monoisotopic (exact) mass is 304 g/mol. The van der Waals surface area contributed by atoms with E-state index in [4.69, 9.17) is 0 Å². The number of hydrogen-bond donors (Lipinski definition) is 2. The normalized spacial score (nSPS) is 19.2. The van der Waals surface area contributed by atoms with E-state index in [1.54, 1.807) is 24.3 Å². The summed E-state index contributed by atoms with van der Waals surface area (Å²) in [5.41, 5.74) is 0.895. The first-order valence-corrected chi connectivity index (χ1v) is 7.27. The first-order valence-electron chi connectivity index (χ1n) is 7.27. The van der Waals surface area contributed by atoms with E-state index in [1.807, 2.05) is 6.92 Å². The van der Waals surface area contributed by atoms with Crippen molar-refractivity contribution in [2.24, 2.45) is 11.8 Å². The average molecular weight is 304 g/mol. The Morgan fingerprint density at radius 3 is 2.68 bits per heavy atom. The van der Waals surface area contributed by atoms with Crippen molar-refractivity contribution in [1.29, 1.82) is 0 Å². The number of methoxy groups -OCH3 is 1. The fourth-order valence-electron chi connectivity index (χ4n) is 2.18. The Morgan fingerprint density at radius 1 is 1.32 bits per heavy atom. The van der Waals surface area contributed by atoms with Gasteiger partial charge in [0.05, 0.1) is 12.7 Å². The maximum atomic E-state index is 11.8. The molecule has 118 valence electrons. The van der Waals surface area contributed by atoms with E-state index in [2.05, 4.69) is 15.4 Å². The van der Waals surface area contributed by atoms with Crippen molar-refractivity contribution < 1.29 is 19.1 Å². The van der Waals surface area contributed by atoms with Crippen molar-refractivity contribution >= 4 is 23.5 Å². The molecule has 2 unspecified atom stereocenters. The minimum absolute atomic E-state index is 0.0213. The molecule has 0 heterocycles. The van der Waals surface area contributed by atoms with Gasteiger partial charge in [0.25, 0.3) is 0 Å². The van der Waals surface area contributed by atoms with Gasteiger partial charge in [-0.3, -0.25) is 9.59 Å². The number of rotatable bonds is 6. The molecule has 0 bridgehead atoms. The maximum absolute atomic E-state index is 11.8. The van der Waals surface area contributed by atoms with Crippen molar-refractivity contribution in [3.05, 3.63) is 29.8 Å². The number of carbonyl (C=O) groups is 3. The summed E-state index contributed by atoms with van der Waals surface area (Å²) < 4.78 is 4.63. The Labute approximate surface area is 129 Å². The van der Waals surface area contributed by atoms with Crippen LogP contribution in [0.2, 0.25) is 0 Å². The lowest BCUT2D eigenvalue weighted by atomic mass is 10.2. The summed E-state index contributed by atoms with van der Waals surface area (Å²) in [5.74, 6) is -0.0873. The molecule has 2 atom stereocenters. The van der Waals surface area contributed by atoms with Crippen LogP contribution >= 0.6 is 0 Å². The third-order valence-electron chi connectivity index (χ3n) is 3.66. The highest BCUT2D eigenvalue weighted by Crippen LogP contribution is 2.37. The fourth-order valence-corrected chi connectivity index (χ4v) is 2.18. The zero-order chi connectivity index (χ0) is 16.1. The summed E-state index contributed by atoms with van der Waals surface area (Å²) in [6, 6.07) is 6.51. The van der Waals surface area contributed by atoms with Crippen LogP contribution in [-0.4, -0.2) is 31.4 Å². The zero-order valence-corrected chi connectivity index (χ0v) is 12.7. The van der Waals surface area contributed by atoms with Crippen molar-refractivity contribution in [2.45, 2.75) is 19.8 Å². The third kappa shape index (κ3) is 4.31. The summed E-state index contributed by atoms with van der Waals surface area (Å²) in [5, 5.41) is 5.45. The highest BCUT2D eigenvalue weighted by molar-refractivity contribution is 5.94. The Bertz CT molecular complexity index is 585. The van der Waals surface area contributed by atoms with Gasteiger partial charge < -0.3 is 15.4 Å². The highest BCUT2D eigenvalue weighted by Gasteiger charge is 2.38. The second-order valence-corrected chi connectivity index (χ2v) is 5.48. The van der Waals surface area contributed by atoms with Crippen LogP contribution in [0.25, 0.3) is 0 Å². The predicted molar refractivity (Wildman–Crippen MR) is 81.3 cm³/mol. The second kappa shape index (κ2) is 7.06. The molecule has 1 aromatic rings. The summed E-state index contributed by atoms with van der Waals surface area (Å²) in [7, 11) is 1.30. The number of benzene rings is 1. The molecule has 0 saturated heterocycles. The summed E-state index contributed by atoms with van der Waals surface area (Å²) in [6.07, 6.45) is 1.12. The molecular formula is C16H20N2O4. The molecule has 0 spiro atoms. The number of ether oxygens (including phenoxy) is 1. The Balaban J connectivity index is 1.77. The summed E-state index contributed by atoms with van der Waals surface area (Å²) >= 11 is 0. The van der Waals surface area contributed by atoms with Crippen LogP contribution < -0.4 is 10.6 Å². The first-order chi connectivity index (χ1) is 10.5. The van der Waals surface area contributed by atoms with Gasteiger partial charge in [-0.15, -0.1) is 0 Å². The Hall–Kier alpha value is -2.37. The number of carbonyl (C=O) groups excluding carboxylic acids is 3. The van der Waals surface area contributed by atoms with Gasteiger partial charge in [0, 0.05) is 24.6 Å². The lowest BCUT2D eigenvalue weighted by molar-refractivity contribution is -0.122. The number of hydrogen-bond acceptors (Lipinski definition) is 4. The van der Waals surface area contributed by atoms with E-state index >= 15 is 0 Å². The molecule has 1 aliphatic carbocycles. The topological polar surface area (TPSA) is 84.5 Å². The SMILES string of the molecule is COC(=O)c1cccc(NC(=O)CCNC(=O)C2CC2C)c1. The zero-order valence-electron chi connectivity index (χ0n) is 12.7. The second-order valence-electron chi connectivity index (χ2n) is 5.48. The molecule has 0 aliphatic heterocycles. The van der Waals surface area contributed by atoms with Gasteiger partial charge in [-0.1, -0.05) is 13.0 Å². The molecule has 1 aliphatic rings. The third-order valence-corrected chi connectivity index (χ3v) is 3.66. The number of nitrogens with one attached hydrogen (secondary N) is 2. The molecule has 6 nitrogen and oxygen atoms in total. The van der Waals surface area contributed by atoms with Gasteiger partial charge in [-0.2, -0.15) is 0 Å². The Kier molecular flexibility index (Phi) is 5.14. The lowest BCUT2D eigenvalue weighted by Crippen LogP contribution is -2.29. The molecule has 2 amide bonds. The van der Waals surface area contributed by atoms with Gasteiger partial charge >= 0.3 is 5.97 Å². The van der Waals surface area contributed by atoms with E-state index in [1.165, 1.54) is 7.11 Å². The molecule has 0 aromatic heterocycles. The highest BCUT2D eigenvalue weighted by atomic mass is 16.5.